The molecule has 0 bridgehead atoms. The van der Waals surface area contributed by atoms with Gasteiger partial charge in [-0.25, -0.2) is 0 Å². The summed E-state index contributed by atoms with van der Waals surface area (Å²) in [5.41, 5.74) is 2.95. The predicted molar refractivity (Wildman–Crippen MR) is 80.7 cm³/mol. The molecule has 19 heavy (non-hydrogen) atoms. The van der Waals surface area contributed by atoms with Crippen molar-refractivity contribution in [3.8, 4) is 0 Å². The second-order valence-electron chi connectivity index (χ2n) is 6.06. The number of hydrogen-bond donors (Lipinski definition) is 2. The van der Waals surface area contributed by atoms with E-state index in [2.05, 4.69) is 45.0 Å². The Morgan fingerprint density at radius 2 is 1.53 bits per heavy atom. The van der Waals surface area contributed by atoms with Gasteiger partial charge in [0.15, 0.2) is 0 Å². The number of piperazine rings is 1. The van der Waals surface area contributed by atoms with Crippen molar-refractivity contribution in [1.29, 1.82) is 0 Å². The van der Waals surface area contributed by atoms with Gasteiger partial charge in [0.25, 0.3) is 0 Å². The zero-order chi connectivity index (χ0) is 13.7. The predicted octanol–water partition coefficient (Wildman–Crippen LogP) is 0.331. The standard InChI is InChI=1S/C17H28N2/c1-4-15(3)19-12-10-18(11-13-19)14-17-8-6-16(5-2)7-9-17/h6-9,15H,4-5,10-14H2,1-3H3/p+2/t15-/m1/s1. The molecule has 1 aromatic rings. The van der Waals surface area contributed by atoms with Crippen LogP contribution < -0.4 is 9.80 Å². The summed E-state index contributed by atoms with van der Waals surface area (Å²) >= 11 is 0. The first-order valence-corrected chi connectivity index (χ1v) is 7.98. The Kier molecular flexibility index (Phi) is 5.41. The molecule has 1 aliphatic heterocycles. The molecule has 1 aromatic carbocycles. The third kappa shape index (κ3) is 4.05. The van der Waals surface area contributed by atoms with Crippen molar-refractivity contribution < 1.29 is 9.80 Å². The van der Waals surface area contributed by atoms with Gasteiger partial charge in [0.2, 0.25) is 0 Å². The van der Waals surface area contributed by atoms with E-state index in [1.165, 1.54) is 50.3 Å². The van der Waals surface area contributed by atoms with Crippen molar-refractivity contribution in [2.45, 2.75) is 46.2 Å². The molecule has 0 aromatic heterocycles. The average molecular weight is 262 g/mol. The highest BCUT2D eigenvalue weighted by molar-refractivity contribution is 5.21. The fourth-order valence-corrected chi connectivity index (χ4v) is 3.06. The topological polar surface area (TPSA) is 8.88 Å². The molecule has 106 valence electrons. The minimum absolute atomic E-state index is 0.838. The molecule has 0 aliphatic carbocycles. The Balaban J connectivity index is 1.81. The molecule has 1 fully saturated rings. The monoisotopic (exact) mass is 262 g/mol. The van der Waals surface area contributed by atoms with E-state index in [0.717, 1.165) is 12.5 Å². The first-order chi connectivity index (χ1) is 9.22. The third-order valence-corrected chi connectivity index (χ3v) is 4.79. The van der Waals surface area contributed by atoms with E-state index in [1.54, 1.807) is 4.90 Å². The number of nitrogens with one attached hydrogen (secondary N) is 2. The summed E-state index contributed by atoms with van der Waals surface area (Å²) in [5.74, 6) is 0. The van der Waals surface area contributed by atoms with Crippen molar-refractivity contribution in [2.24, 2.45) is 0 Å². The summed E-state index contributed by atoms with van der Waals surface area (Å²) in [6, 6.07) is 10.1. The number of rotatable bonds is 5. The van der Waals surface area contributed by atoms with E-state index >= 15 is 0 Å². The number of hydrogen-bond acceptors (Lipinski definition) is 0. The fourth-order valence-electron chi connectivity index (χ4n) is 3.06. The highest BCUT2D eigenvalue weighted by Gasteiger charge is 2.25. The maximum absolute atomic E-state index is 2.39. The van der Waals surface area contributed by atoms with E-state index in [-0.39, 0.29) is 0 Å². The van der Waals surface area contributed by atoms with Crippen molar-refractivity contribution in [3.05, 3.63) is 35.4 Å². The van der Waals surface area contributed by atoms with Crippen LogP contribution in [0.5, 0.6) is 0 Å². The molecular formula is C17H30N2+2. The van der Waals surface area contributed by atoms with Crippen LogP contribution in [0.2, 0.25) is 0 Å². The summed E-state index contributed by atoms with van der Waals surface area (Å²) in [7, 11) is 0. The summed E-state index contributed by atoms with van der Waals surface area (Å²) in [6.07, 6.45) is 2.45. The molecule has 0 radical (unpaired) electrons. The van der Waals surface area contributed by atoms with Crippen molar-refractivity contribution in [2.75, 3.05) is 26.2 Å². The van der Waals surface area contributed by atoms with Gasteiger partial charge in [0.05, 0.1) is 6.04 Å². The lowest BCUT2D eigenvalue weighted by atomic mass is 10.1. The summed E-state index contributed by atoms with van der Waals surface area (Å²) in [4.78, 5) is 3.57. The minimum Gasteiger partial charge on any atom is -0.323 e. The fraction of sp³-hybridized carbons (Fsp3) is 0.647. The van der Waals surface area contributed by atoms with Gasteiger partial charge in [-0.05, 0) is 25.3 Å². The summed E-state index contributed by atoms with van der Waals surface area (Å²) < 4.78 is 0. The van der Waals surface area contributed by atoms with Crippen molar-refractivity contribution in [1.82, 2.24) is 0 Å². The molecule has 2 nitrogen and oxygen atoms in total. The Labute approximate surface area is 118 Å². The molecule has 1 atom stereocenters. The van der Waals surface area contributed by atoms with E-state index in [4.69, 9.17) is 0 Å². The summed E-state index contributed by atoms with van der Waals surface area (Å²) in [5, 5.41) is 0. The van der Waals surface area contributed by atoms with Crippen LogP contribution in [0.1, 0.15) is 38.3 Å². The van der Waals surface area contributed by atoms with Crippen LogP contribution in [0.3, 0.4) is 0 Å². The van der Waals surface area contributed by atoms with Gasteiger partial charge in [-0.3, -0.25) is 0 Å². The number of aryl methyl sites for hydroxylation is 1. The van der Waals surface area contributed by atoms with E-state index in [1.807, 2.05) is 4.90 Å². The SMILES string of the molecule is CCc1ccc(C[NH+]2CC[NH+]([C@H](C)CC)CC2)cc1. The van der Waals surface area contributed by atoms with Gasteiger partial charge in [-0.2, -0.15) is 0 Å². The molecule has 0 saturated carbocycles. The van der Waals surface area contributed by atoms with Gasteiger partial charge in [-0.1, -0.05) is 38.1 Å². The largest absolute Gasteiger partial charge is 0.323 e. The van der Waals surface area contributed by atoms with Crippen LogP contribution in [0.4, 0.5) is 0 Å². The molecule has 1 heterocycles. The zero-order valence-corrected chi connectivity index (χ0v) is 12.8. The van der Waals surface area contributed by atoms with Crippen LogP contribution in [-0.2, 0) is 13.0 Å². The second-order valence-corrected chi connectivity index (χ2v) is 6.06. The zero-order valence-electron chi connectivity index (χ0n) is 12.8. The van der Waals surface area contributed by atoms with E-state index in [0.29, 0.717) is 0 Å². The Morgan fingerprint density at radius 3 is 2.05 bits per heavy atom. The van der Waals surface area contributed by atoms with Gasteiger partial charge >= 0.3 is 0 Å². The second kappa shape index (κ2) is 7.06. The maximum Gasteiger partial charge on any atom is 0.127 e. The smallest absolute Gasteiger partial charge is 0.127 e. The van der Waals surface area contributed by atoms with Crippen molar-refractivity contribution in [3.63, 3.8) is 0 Å². The van der Waals surface area contributed by atoms with Crippen molar-refractivity contribution >= 4 is 0 Å². The molecule has 2 rings (SSSR count). The van der Waals surface area contributed by atoms with Crippen LogP contribution in [-0.4, -0.2) is 32.2 Å². The summed E-state index contributed by atoms with van der Waals surface area (Å²) in [6.45, 7) is 13.5. The van der Waals surface area contributed by atoms with Crippen LogP contribution in [0.25, 0.3) is 0 Å². The molecule has 0 amide bonds. The molecule has 1 saturated heterocycles. The molecule has 2 heteroatoms. The molecule has 0 spiro atoms. The quantitative estimate of drug-likeness (QED) is 0.757. The Hall–Kier alpha value is -0.860. The molecule has 0 unspecified atom stereocenters. The van der Waals surface area contributed by atoms with Crippen LogP contribution >= 0.6 is 0 Å². The third-order valence-electron chi connectivity index (χ3n) is 4.79. The maximum atomic E-state index is 2.39. The lowest BCUT2D eigenvalue weighted by molar-refractivity contribution is -1.03. The van der Waals surface area contributed by atoms with E-state index in [9.17, 15) is 0 Å². The lowest BCUT2D eigenvalue weighted by Gasteiger charge is -2.33. The first-order valence-electron chi connectivity index (χ1n) is 7.98. The van der Waals surface area contributed by atoms with E-state index < -0.39 is 0 Å². The Morgan fingerprint density at radius 1 is 0.947 bits per heavy atom. The number of benzene rings is 1. The van der Waals surface area contributed by atoms with Crippen LogP contribution in [0, 0.1) is 0 Å². The van der Waals surface area contributed by atoms with Gasteiger partial charge in [-0.15, -0.1) is 0 Å². The van der Waals surface area contributed by atoms with Gasteiger partial charge < -0.3 is 9.80 Å². The van der Waals surface area contributed by atoms with Gasteiger partial charge in [0.1, 0.15) is 32.7 Å². The number of quaternary nitrogens is 2. The average Bonchev–Trinajstić information content (AvgIpc) is 2.48. The Bertz CT molecular complexity index is 363. The molecular weight excluding hydrogens is 232 g/mol. The molecule has 2 N–H and O–H groups in total. The van der Waals surface area contributed by atoms with Crippen LogP contribution in [0.15, 0.2) is 24.3 Å². The lowest BCUT2D eigenvalue weighted by Crippen LogP contribution is -3.29. The first kappa shape index (κ1) is 14.5. The molecule has 1 aliphatic rings. The van der Waals surface area contributed by atoms with Gasteiger partial charge in [0, 0.05) is 5.56 Å². The normalized spacial score (nSPS) is 25.2. The highest BCUT2D eigenvalue weighted by atomic mass is 15.3. The highest BCUT2D eigenvalue weighted by Crippen LogP contribution is 2.03. The minimum atomic E-state index is 0.838.